The van der Waals surface area contributed by atoms with Gasteiger partial charge in [0.25, 0.3) is 5.91 Å². The van der Waals surface area contributed by atoms with Gasteiger partial charge in [-0.2, -0.15) is 18.2 Å². The van der Waals surface area contributed by atoms with Crippen LogP contribution in [0.5, 0.6) is 5.88 Å². The van der Waals surface area contributed by atoms with Gasteiger partial charge < -0.3 is 25.5 Å². The lowest BCUT2D eigenvalue weighted by Crippen LogP contribution is -2.31. The molecule has 2 atom stereocenters. The smallest absolute Gasteiger partial charge is 0.417 e. The molecule has 1 aromatic heterocycles. The van der Waals surface area contributed by atoms with Gasteiger partial charge in [-0.3, -0.25) is 4.79 Å². The number of nitrogens with zero attached hydrogens (tertiary/aromatic N) is 1. The number of methoxy groups -OCH3 is 1. The molecule has 0 saturated carbocycles. The number of anilines is 1. The van der Waals surface area contributed by atoms with E-state index < -0.39 is 30.2 Å². The molecule has 1 unspecified atom stereocenters. The highest BCUT2D eigenvalue weighted by atomic mass is 19.4. The van der Waals surface area contributed by atoms with Gasteiger partial charge in [-0.15, -0.1) is 0 Å². The number of ether oxygens (including phenoxy) is 2. The Hall–Kier alpha value is -3.82. The first-order valence-electron chi connectivity index (χ1n) is 10.9. The third-order valence-corrected chi connectivity index (χ3v) is 5.51. The number of aromatic nitrogens is 1. The van der Waals surface area contributed by atoms with E-state index in [1.165, 1.54) is 14.2 Å². The quantitative estimate of drug-likeness (QED) is 0.438. The number of rotatable bonds is 9. The van der Waals surface area contributed by atoms with Crippen molar-refractivity contribution < 1.29 is 27.4 Å². The first-order chi connectivity index (χ1) is 16.6. The van der Waals surface area contributed by atoms with Crippen molar-refractivity contribution in [2.45, 2.75) is 25.6 Å². The molecule has 3 rings (SSSR count). The van der Waals surface area contributed by atoms with Gasteiger partial charge in [0.05, 0.1) is 30.0 Å². The van der Waals surface area contributed by atoms with Crippen molar-refractivity contribution in [2.75, 3.05) is 26.1 Å². The van der Waals surface area contributed by atoms with E-state index in [2.05, 4.69) is 15.6 Å². The van der Waals surface area contributed by atoms with E-state index in [-0.39, 0.29) is 29.0 Å². The van der Waals surface area contributed by atoms with Crippen molar-refractivity contribution in [3.63, 3.8) is 0 Å². The topological polar surface area (TPSA) is 96.3 Å². The molecular formula is C25H27F3N4O3. The minimum Gasteiger partial charge on any atom is -0.497 e. The van der Waals surface area contributed by atoms with Gasteiger partial charge in [-0.25, -0.2) is 0 Å². The Labute approximate surface area is 201 Å². The van der Waals surface area contributed by atoms with Crippen LogP contribution in [0.4, 0.5) is 19.0 Å². The molecule has 3 N–H and O–H groups in total. The number of carbonyl (C=O) groups excluding carboxylic acids is 1. The summed E-state index contributed by atoms with van der Waals surface area (Å²) in [5.41, 5.74) is -0.788. The zero-order chi connectivity index (χ0) is 25.6. The fourth-order valence-corrected chi connectivity index (χ4v) is 3.67. The van der Waals surface area contributed by atoms with Crippen LogP contribution in [0.25, 0.3) is 0 Å². The molecule has 0 aliphatic heterocycles. The highest BCUT2D eigenvalue weighted by molar-refractivity contribution is 6.06. The van der Waals surface area contributed by atoms with Gasteiger partial charge in [0.2, 0.25) is 5.88 Å². The largest absolute Gasteiger partial charge is 0.497 e. The highest BCUT2D eigenvalue weighted by Gasteiger charge is 2.38. The second-order valence-corrected chi connectivity index (χ2v) is 7.89. The van der Waals surface area contributed by atoms with Crippen LogP contribution < -0.4 is 15.4 Å². The number of allylic oxidation sites excluding steroid dienone is 3. The summed E-state index contributed by atoms with van der Waals surface area (Å²) in [5.74, 6) is -1.04. The van der Waals surface area contributed by atoms with Gasteiger partial charge in [0, 0.05) is 19.0 Å². The Balaban J connectivity index is 1.80. The summed E-state index contributed by atoms with van der Waals surface area (Å²) < 4.78 is 52.5. The van der Waals surface area contributed by atoms with Crippen LogP contribution >= 0.6 is 0 Å². The Morgan fingerprint density at radius 2 is 2.00 bits per heavy atom. The Morgan fingerprint density at radius 1 is 1.29 bits per heavy atom. The summed E-state index contributed by atoms with van der Waals surface area (Å²) in [6, 6.07) is 9.65. The van der Waals surface area contributed by atoms with Gasteiger partial charge in [0.15, 0.2) is 6.61 Å². The maximum absolute atomic E-state index is 14.0. The van der Waals surface area contributed by atoms with E-state index in [4.69, 9.17) is 14.9 Å². The molecule has 0 radical (unpaired) electrons. The second-order valence-electron chi connectivity index (χ2n) is 7.89. The fourth-order valence-electron chi connectivity index (χ4n) is 3.67. The predicted molar refractivity (Wildman–Crippen MR) is 126 cm³/mol. The number of hydrogen-bond donors (Lipinski definition) is 3. The molecule has 7 nitrogen and oxygen atoms in total. The zero-order valence-corrected chi connectivity index (χ0v) is 19.6. The minimum atomic E-state index is -4.77. The molecule has 0 bridgehead atoms. The SMILES string of the molecule is CNc1nc(OCC(=O)N[C@@H](C)c2ccccc2)cc(C(F)(F)F)c1C(=N)C1C=CC(OC)=CC1. The third kappa shape index (κ3) is 6.40. The number of benzene rings is 1. The zero-order valence-electron chi connectivity index (χ0n) is 19.6. The monoisotopic (exact) mass is 488 g/mol. The minimum absolute atomic E-state index is 0.159. The molecule has 1 aromatic carbocycles. The standard InChI is InChI=1S/C25H27F3N4O3/c1-15(16-7-5-4-6-8-16)31-20(33)14-35-21-13-19(25(26,27)28)22(24(30-2)32-21)23(29)17-9-11-18(34-3)12-10-17/h4-9,11-13,15,17,29H,10,14H2,1-3H3,(H,30,32)(H,31,33)/t15-,17?/m0/s1. The van der Waals surface area contributed by atoms with Crippen molar-refractivity contribution in [2.24, 2.45) is 5.92 Å². The molecule has 1 amide bonds. The van der Waals surface area contributed by atoms with Gasteiger partial charge in [-0.05, 0) is 31.1 Å². The molecular weight excluding hydrogens is 461 g/mol. The number of hydrogen-bond acceptors (Lipinski definition) is 6. The Bertz CT molecular complexity index is 1130. The van der Waals surface area contributed by atoms with E-state index >= 15 is 0 Å². The number of halogens is 3. The molecule has 2 aromatic rings. The average Bonchev–Trinajstić information content (AvgIpc) is 2.86. The summed E-state index contributed by atoms with van der Waals surface area (Å²) in [4.78, 5) is 16.4. The molecule has 10 heteroatoms. The molecule has 35 heavy (non-hydrogen) atoms. The van der Waals surface area contributed by atoms with Crippen LogP contribution in [0.3, 0.4) is 0 Å². The summed E-state index contributed by atoms with van der Waals surface area (Å²) in [7, 11) is 2.91. The molecule has 0 saturated heterocycles. The number of alkyl halides is 3. The van der Waals surface area contributed by atoms with E-state index in [1.807, 2.05) is 30.3 Å². The van der Waals surface area contributed by atoms with E-state index in [0.29, 0.717) is 12.2 Å². The summed E-state index contributed by atoms with van der Waals surface area (Å²) in [6.45, 7) is 1.27. The van der Waals surface area contributed by atoms with Gasteiger partial charge >= 0.3 is 6.18 Å². The van der Waals surface area contributed by atoms with E-state index in [0.717, 1.165) is 11.6 Å². The molecule has 186 valence electrons. The van der Waals surface area contributed by atoms with Gasteiger partial charge in [-0.1, -0.05) is 36.4 Å². The van der Waals surface area contributed by atoms with Crippen LogP contribution in [0.15, 0.2) is 60.4 Å². The maximum Gasteiger partial charge on any atom is 0.417 e. The lowest BCUT2D eigenvalue weighted by atomic mass is 9.88. The van der Waals surface area contributed by atoms with Crippen LogP contribution in [0.2, 0.25) is 0 Å². The molecule has 0 fully saturated rings. The van der Waals surface area contributed by atoms with Crippen molar-refractivity contribution in [3.05, 3.63) is 77.1 Å². The first kappa shape index (κ1) is 25.8. The summed E-state index contributed by atoms with van der Waals surface area (Å²) in [5, 5.41) is 13.9. The van der Waals surface area contributed by atoms with Crippen molar-refractivity contribution in [3.8, 4) is 5.88 Å². The van der Waals surface area contributed by atoms with Gasteiger partial charge in [0.1, 0.15) is 11.6 Å². The van der Waals surface area contributed by atoms with Crippen LogP contribution in [-0.2, 0) is 15.7 Å². The molecule has 1 aliphatic rings. The normalized spacial score (nSPS) is 16.2. The molecule has 1 heterocycles. The molecule has 0 spiro atoms. The number of carbonyl (C=O) groups is 1. The summed E-state index contributed by atoms with van der Waals surface area (Å²) in [6.07, 6.45) is 0.505. The highest BCUT2D eigenvalue weighted by Crippen LogP contribution is 2.38. The lowest BCUT2D eigenvalue weighted by Gasteiger charge is -2.23. The Morgan fingerprint density at radius 3 is 2.57 bits per heavy atom. The van der Waals surface area contributed by atoms with Crippen molar-refractivity contribution in [1.29, 1.82) is 5.41 Å². The average molecular weight is 489 g/mol. The van der Waals surface area contributed by atoms with E-state index in [1.54, 1.807) is 25.2 Å². The Kier molecular flexibility index (Phi) is 8.16. The van der Waals surface area contributed by atoms with Crippen molar-refractivity contribution in [1.82, 2.24) is 10.3 Å². The fraction of sp³-hybridized carbons (Fsp3) is 0.320. The number of nitrogens with one attached hydrogen (secondary N) is 3. The van der Waals surface area contributed by atoms with E-state index in [9.17, 15) is 18.0 Å². The summed E-state index contributed by atoms with van der Waals surface area (Å²) >= 11 is 0. The van der Waals surface area contributed by atoms with Crippen molar-refractivity contribution >= 4 is 17.4 Å². The second kappa shape index (κ2) is 11.1. The van der Waals surface area contributed by atoms with Crippen LogP contribution in [-0.4, -0.2) is 37.4 Å². The van der Waals surface area contributed by atoms with Crippen LogP contribution in [0.1, 0.15) is 36.1 Å². The number of pyridine rings is 1. The first-order valence-corrected chi connectivity index (χ1v) is 10.9. The van der Waals surface area contributed by atoms with Crippen LogP contribution in [0, 0.1) is 11.3 Å². The lowest BCUT2D eigenvalue weighted by molar-refractivity contribution is -0.137. The maximum atomic E-state index is 14.0. The molecule has 1 aliphatic carbocycles. The number of amides is 1. The third-order valence-electron chi connectivity index (χ3n) is 5.51. The predicted octanol–water partition coefficient (Wildman–Crippen LogP) is 4.87.